The number of anilines is 1. The van der Waals surface area contributed by atoms with E-state index in [9.17, 15) is 9.59 Å². The maximum Gasteiger partial charge on any atom is 0.342 e. The van der Waals surface area contributed by atoms with Gasteiger partial charge in [0.1, 0.15) is 0 Å². The maximum absolute atomic E-state index is 11.3. The molecule has 0 amide bonds. The zero-order valence-corrected chi connectivity index (χ0v) is 8.78. The summed E-state index contributed by atoms with van der Waals surface area (Å²) in [5, 5.41) is 5.83. The van der Waals surface area contributed by atoms with E-state index in [1.54, 1.807) is 11.9 Å². The fourth-order valence-corrected chi connectivity index (χ4v) is 1.10. The lowest BCUT2D eigenvalue weighted by Crippen LogP contribution is -2.34. The lowest BCUT2D eigenvalue weighted by atomic mass is 10.2. The third-order valence-electron chi connectivity index (χ3n) is 1.97. The third kappa shape index (κ3) is 3.21. The first-order valence-electron chi connectivity index (χ1n) is 4.66. The molecule has 15 heavy (non-hydrogen) atoms. The van der Waals surface area contributed by atoms with Crippen LogP contribution >= 0.6 is 0 Å². The number of aromatic nitrogens is 3. The van der Waals surface area contributed by atoms with E-state index in [-0.39, 0.29) is 11.9 Å². The van der Waals surface area contributed by atoms with Crippen molar-refractivity contribution in [1.82, 2.24) is 15.2 Å². The van der Waals surface area contributed by atoms with Gasteiger partial charge in [-0.1, -0.05) is 0 Å². The molecule has 7 nitrogen and oxygen atoms in total. The minimum atomic E-state index is -0.607. The van der Waals surface area contributed by atoms with Gasteiger partial charge in [0, 0.05) is 19.6 Å². The first kappa shape index (κ1) is 11.4. The molecule has 84 valence electrons. The van der Waals surface area contributed by atoms with Crippen molar-refractivity contribution in [2.75, 3.05) is 18.5 Å². The van der Waals surface area contributed by atoms with Gasteiger partial charge in [-0.3, -0.25) is 9.78 Å². The number of hydrogen-bond acceptors (Lipinski definition) is 5. The topological polar surface area (TPSA) is 108 Å². The zero-order valence-electron chi connectivity index (χ0n) is 8.78. The second kappa shape index (κ2) is 4.74. The molecule has 0 aromatic carbocycles. The van der Waals surface area contributed by atoms with Crippen molar-refractivity contribution in [2.24, 2.45) is 5.73 Å². The van der Waals surface area contributed by atoms with E-state index in [2.05, 4.69) is 15.2 Å². The second-order valence-electron chi connectivity index (χ2n) is 3.52. The van der Waals surface area contributed by atoms with Crippen LogP contribution in [0, 0.1) is 0 Å². The summed E-state index contributed by atoms with van der Waals surface area (Å²) in [5.74, 6) is 0.190. The van der Waals surface area contributed by atoms with Crippen molar-refractivity contribution in [3.05, 3.63) is 20.8 Å². The predicted octanol–water partition coefficient (Wildman–Crippen LogP) is -1.37. The highest BCUT2D eigenvalue weighted by atomic mass is 16.2. The molecule has 1 heterocycles. The predicted molar refractivity (Wildman–Crippen MR) is 57.0 cm³/mol. The number of nitrogens with two attached hydrogens (primary N) is 1. The van der Waals surface area contributed by atoms with E-state index in [0.29, 0.717) is 6.54 Å². The molecule has 7 heteroatoms. The van der Waals surface area contributed by atoms with Gasteiger partial charge in [0.15, 0.2) is 0 Å². The number of hydrogen-bond donors (Lipinski definition) is 3. The van der Waals surface area contributed by atoms with E-state index in [4.69, 9.17) is 5.73 Å². The molecule has 0 spiro atoms. The molecule has 1 rings (SSSR count). The summed E-state index contributed by atoms with van der Waals surface area (Å²) in [6.45, 7) is 2.50. The van der Waals surface area contributed by atoms with E-state index in [0.717, 1.165) is 6.42 Å². The Bertz CT molecular complexity index is 422. The monoisotopic (exact) mass is 213 g/mol. The number of nitrogens with zero attached hydrogens (tertiary/aromatic N) is 2. The van der Waals surface area contributed by atoms with Crippen LogP contribution in [0.5, 0.6) is 0 Å². The normalized spacial score (nSPS) is 12.5. The zero-order chi connectivity index (χ0) is 11.4. The molecule has 0 saturated heterocycles. The third-order valence-corrected chi connectivity index (χ3v) is 1.97. The SMILES string of the molecule is CC(N)CCN(C)c1n[nH]c(=O)[nH]c1=O. The van der Waals surface area contributed by atoms with Crippen LogP contribution in [0.25, 0.3) is 0 Å². The molecule has 0 bridgehead atoms. The highest BCUT2D eigenvalue weighted by molar-refractivity contribution is 5.32. The highest BCUT2D eigenvalue weighted by Gasteiger charge is 2.08. The smallest absolute Gasteiger partial charge is 0.342 e. The molecule has 1 aromatic rings. The number of H-pyrrole nitrogens is 2. The maximum atomic E-state index is 11.3. The van der Waals surface area contributed by atoms with Gasteiger partial charge < -0.3 is 10.6 Å². The number of rotatable bonds is 4. The van der Waals surface area contributed by atoms with Gasteiger partial charge in [0.25, 0.3) is 5.56 Å². The molecule has 0 fully saturated rings. The average molecular weight is 213 g/mol. The second-order valence-corrected chi connectivity index (χ2v) is 3.52. The van der Waals surface area contributed by atoms with Crippen LogP contribution in [0.3, 0.4) is 0 Å². The first-order valence-corrected chi connectivity index (χ1v) is 4.66. The summed E-state index contributed by atoms with van der Waals surface area (Å²) < 4.78 is 0. The Morgan fingerprint density at radius 2 is 2.20 bits per heavy atom. The van der Waals surface area contributed by atoms with Crippen LogP contribution in [-0.2, 0) is 0 Å². The van der Waals surface area contributed by atoms with Crippen molar-refractivity contribution >= 4 is 5.82 Å². The molecular weight excluding hydrogens is 198 g/mol. The minimum Gasteiger partial charge on any atom is -0.354 e. The molecule has 4 N–H and O–H groups in total. The molecule has 1 atom stereocenters. The molecule has 0 aliphatic carbocycles. The first-order chi connectivity index (χ1) is 7.00. The standard InChI is InChI=1S/C8H15N5O2/c1-5(9)3-4-13(2)6-7(14)10-8(15)12-11-6/h5H,3-4,9H2,1-2H3,(H2,10,12,14,15). The largest absolute Gasteiger partial charge is 0.354 e. The Balaban J connectivity index is 2.78. The van der Waals surface area contributed by atoms with Crippen molar-refractivity contribution in [1.29, 1.82) is 0 Å². The molecule has 0 radical (unpaired) electrons. The van der Waals surface area contributed by atoms with Crippen LogP contribution in [0.2, 0.25) is 0 Å². The van der Waals surface area contributed by atoms with Gasteiger partial charge in [-0.05, 0) is 13.3 Å². The molecule has 0 aliphatic heterocycles. The van der Waals surface area contributed by atoms with E-state index < -0.39 is 11.2 Å². The summed E-state index contributed by atoms with van der Waals surface area (Å²) in [6, 6.07) is 0.0642. The Morgan fingerprint density at radius 3 is 2.73 bits per heavy atom. The quantitative estimate of drug-likeness (QED) is 0.572. The lowest BCUT2D eigenvalue weighted by Gasteiger charge is -2.17. The number of nitrogens with one attached hydrogen (secondary N) is 2. The Labute approximate surface area is 86.3 Å². The Hall–Kier alpha value is -1.63. The fourth-order valence-electron chi connectivity index (χ4n) is 1.10. The molecular formula is C8H15N5O2. The van der Waals surface area contributed by atoms with Gasteiger partial charge in [-0.25, -0.2) is 9.89 Å². The van der Waals surface area contributed by atoms with Crippen LogP contribution in [-0.4, -0.2) is 34.8 Å². The molecule has 0 aliphatic rings. The lowest BCUT2D eigenvalue weighted by molar-refractivity contribution is 0.651. The Kier molecular flexibility index (Phi) is 3.62. The van der Waals surface area contributed by atoms with Crippen molar-refractivity contribution < 1.29 is 0 Å². The van der Waals surface area contributed by atoms with Gasteiger partial charge in [-0.15, -0.1) is 5.10 Å². The van der Waals surface area contributed by atoms with Crippen LogP contribution in [0.15, 0.2) is 9.59 Å². The van der Waals surface area contributed by atoms with E-state index in [1.165, 1.54) is 0 Å². The highest BCUT2D eigenvalue weighted by Crippen LogP contribution is 1.99. The summed E-state index contributed by atoms with van der Waals surface area (Å²) in [4.78, 5) is 25.8. The summed E-state index contributed by atoms with van der Waals surface area (Å²) in [5.41, 5.74) is 4.49. The molecule has 0 saturated carbocycles. The average Bonchev–Trinajstić information content (AvgIpc) is 2.14. The van der Waals surface area contributed by atoms with Crippen LogP contribution in [0.1, 0.15) is 13.3 Å². The molecule has 1 unspecified atom stereocenters. The minimum absolute atomic E-state index is 0.0642. The summed E-state index contributed by atoms with van der Waals surface area (Å²) in [7, 11) is 1.72. The fraction of sp³-hybridized carbons (Fsp3) is 0.625. The van der Waals surface area contributed by atoms with E-state index >= 15 is 0 Å². The van der Waals surface area contributed by atoms with Gasteiger partial charge >= 0.3 is 5.69 Å². The van der Waals surface area contributed by atoms with Crippen molar-refractivity contribution in [2.45, 2.75) is 19.4 Å². The van der Waals surface area contributed by atoms with Crippen LogP contribution in [0.4, 0.5) is 5.82 Å². The van der Waals surface area contributed by atoms with Gasteiger partial charge in [0.2, 0.25) is 5.82 Å². The summed E-state index contributed by atoms with van der Waals surface area (Å²) in [6.07, 6.45) is 0.747. The van der Waals surface area contributed by atoms with Crippen LogP contribution < -0.4 is 21.9 Å². The summed E-state index contributed by atoms with van der Waals surface area (Å²) >= 11 is 0. The van der Waals surface area contributed by atoms with Gasteiger partial charge in [0.05, 0.1) is 0 Å². The molecule has 1 aromatic heterocycles. The number of aromatic amines is 2. The van der Waals surface area contributed by atoms with E-state index in [1.807, 2.05) is 6.92 Å². The van der Waals surface area contributed by atoms with Gasteiger partial charge in [-0.2, -0.15) is 0 Å². The van der Waals surface area contributed by atoms with Crippen molar-refractivity contribution in [3.8, 4) is 0 Å². The Morgan fingerprint density at radius 1 is 1.53 bits per heavy atom. The van der Waals surface area contributed by atoms with Crippen molar-refractivity contribution in [3.63, 3.8) is 0 Å².